The summed E-state index contributed by atoms with van der Waals surface area (Å²) in [4.78, 5) is 9.00. The first kappa shape index (κ1) is 16.8. The second-order valence-electron chi connectivity index (χ2n) is 0.519. The third-order valence-corrected chi connectivity index (χ3v) is 0. The minimum absolute atomic E-state index is 0. The molecule has 0 atom stereocenters. The van der Waals surface area contributed by atoms with Crippen molar-refractivity contribution in [2.45, 2.75) is 6.92 Å². The molecule has 6 heavy (non-hydrogen) atoms. The van der Waals surface area contributed by atoms with Crippen LogP contribution in [0.1, 0.15) is 6.92 Å². The maximum Gasteiger partial charge on any atom is 0.300 e. The van der Waals surface area contributed by atoms with E-state index in [2.05, 4.69) is 0 Å². The van der Waals surface area contributed by atoms with Gasteiger partial charge >= 0.3 is 0 Å². The Labute approximate surface area is 46.5 Å². The molecular weight excluding hydrogens is 129 g/mol. The molecule has 0 saturated carbocycles. The van der Waals surface area contributed by atoms with Crippen molar-refractivity contribution in [3.63, 3.8) is 0 Å². The Balaban J connectivity index is -0.0000000450. The average molecular weight is 136 g/mol. The molecule has 0 rings (SSSR count). The second-order valence-corrected chi connectivity index (χ2v) is 0.519. The summed E-state index contributed by atoms with van der Waals surface area (Å²) in [6.07, 6.45) is 0. The van der Waals surface area contributed by atoms with Crippen molar-refractivity contribution in [2.24, 2.45) is 0 Å². The van der Waals surface area contributed by atoms with Crippen molar-refractivity contribution in [3.05, 3.63) is 0 Å². The van der Waals surface area contributed by atoms with Gasteiger partial charge in [-0.1, -0.05) is 0 Å². The van der Waals surface area contributed by atoms with Crippen molar-refractivity contribution in [2.75, 3.05) is 0 Å². The fourth-order valence-electron chi connectivity index (χ4n) is 0. The molecule has 3 nitrogen and oxygen atoms in total. The van der Waals surface area contributed by atoms with Crippen LogP contribution in [0.15, 0.2) is 0 Å². The minimum atomic E-state index is -0.833. The van der Waals surface area contributed by atoms with Gasteiger partial charge in [0.2, 0.25) is 0 Å². The van der Waals surface area contributed by atoms with Gasteiger partial charge < -0.3 is 11.3 Å². The normalized spacial score (nSPS) is 4.17. The molecule has 4 N–H and O–H groups in total. The summed E-state index contributed by atoms with van der Waals surface area (Å²) in [6, 6.07) is 0. The third-order valence-electron chi connectivity index (χ3n) is 0. The van der Waals surface area contributed by atoms with Crippen molar-refractivity contribution in [3.8, 4) is 0 Å². The van der Waals surface area contributed by atoms with Gasteiger partial charge in [-0.3, -0.25) is 4.79 Å². The molecule has 0 aromatic rings. The molecule has 1 radical (unpaired) electrons. The first-order chi connectivity index (χ1) is 1.73. The van der Waals surface area contributed by atoms with Gasteiger partial charge in [-0.15, -0.1) is 0 Å². The summed E-state index contributed by atoms with van der Waals surface area (Å²) in [6.45, 7) is 1.08. The van der Waals surface area contributed by atoms with E-state index in [4.69, 9.17) is 9.90 Å². The van der Waals surface area contributed by atoms with Gasteiger partial charge in [0.1, 0.15) is 0 Å². The average Bonchev–Trinajstić information content (AvgIpc) is 0.811. The maximum atomic E-state index is 9.00. The maximum absolute atomic E-state index is 9.00. The Morgan fingerprint density at radius 3 is 1.67 bits per heavy atom. The summed E-state index contributed by atoms with van der Waals surface area (Å²) < 4.78 is 0. The fourth-order valence-corrected chi connectivity index (χ4v) is 0. The van der Waals surface area contributed by atoms with Crippen LogP contribution >= 0.6 is 0 Å². The predicted molar refractivity (Wildman–Crippen MR) is 18.3 cm³/mol. The van der Waals surface area contributed by atoms with Gasteiger partial charge in [-0.25, -0.2) is 0 Å². The zero-order valence-corrected chi connectivity index (χ0v) is 4.44. The quantitative estimate of drug-likeness (QED) is 0.501. The molecule has 0 unspecified atom stereocenters. The van der Waals surface area contributed by atoms with Crippen LogP contribution in [-0.2, 0) is 21.6 Å². The second kappa shape index (κ2) is 8.87. The molecular formula is C2H7CoNO2. The number of hydrogen-bond acceptors (Lipinski definition) is 2. The Kier molecular flexibility index (Phi) is 24.8. The van der Waals surface area contributed by atoms with E-state index in [9.17, 15) is 0 Å². The predicted octanol–water partition coefficient (Wildman–Crippen LogP) is 0.250. The summed E-state index contributed by atoms with van der Waals surface area (Å²) in [5.41, 5.74) is 0. The summed E-state index contributed by atoms with van der Waals surface area (Å²) in [5, 5.41) is 7.42. The molecule has 0 spiro atoms. The first-order valence-corrected chi connectivity index (χ1v) is 0.928. The van der Waals surface area contributed by atoms with Crippen LogP contribution in [0.4, 0.5) is 0 Å². The van der Waals surface area contributed by atoms with E-state index in [-0.39, 0.29) is 22.9 Å². The number of carboxylic acids is 1. The van der Waals surface area contributed by atoms with Crippen molar-refractivity contribution in [1.82, 2.24) is 6.15 Å². The van der Waals surface area contributed by atoms with Crippen LogP contribution in [0.2, 0.25) is 0 Å². The van der Waals surface area contributed by atoms with Crippen molar-refractivity contribution < 1.29 is 26.7 Å². The molecule has 0 aromatic carbocycles. The van der Waals surface area contributed by atoms with Crippen LogP contribution in [0.3, 0.4) is 0 Å². The molecule has 0 bridgehead atoms. The van der Waals surface area contributed by atoms with Crippen LogP contribution in [0, 0.1) is 0 Å². The topological polar surface area (TPSA) is 72.3 Å². The number of aliphatic carboxylic acids is 1. The minimum Gasteiger partial charge on any atom is -0.481 e. The smallest absolute Gasteiger partial charge is 0.300 e. The monoisotopic (exact) mass is 136 g/mol. The number of rotatable bonds is 0. The van der Waals surface area contributed by atoms with E-state index in [0.29, 0.717) is 0 Å². The zero-order valence-electron chi connectivity index (χ0n) is 3.40. The van der Waals surface area contributed by atoms with Gasteiger partial charge in [-0.2, -0.15) is 0 Å². The standard InChI is InChI=1S/C2H4O2.Co.H3N/c1-2(3)4;;/h1H3,(H,3,4);;1H3. The number of carboxylic acid groups (broad SMARTS) is 1. The van der Waals surface area contributed by atoms with Gasteiger partial charge in [0.15, 0.2) is 0 Å². The Morgan fingerprint density at radius 1 is 1.67 bits per heavy atom. The third kappa shape index (κ3) is 8420. The van der Waals surface area contributed by atoms with E-state index in [1.54, 1.807) is 0 Å². The summed E-state index contributed by atoms with van der Waals surface area (Å²) >= 11 is 0. The Morgan fingerprint density at radius 2 is 1.67 bits per heavy atom. The van der Waals surface area contributed by atoms with E-state index >= 15 is 0 Å². The molecule has 0 amide bonds. The van der Waals surface area contributed by atoms with Crippen molar-refractivity contribution in [1.29, 1.82) is 0 Å². The zero-order chi connectivity index (χ0) is 3.58. The fraction of sp³-hybridized carbons (Fsp3) is 0.500. The van der Waals surface area contributed by atoms with Gasteiger partial charge in [0.25, 0.3) is 5.97 Å². The summed E-state index contributed by atoms with van der Waals surface area (Å²) in [5.74, 6) is -0.833. The van der Waals surface area contributed by atoms with E-state index in [0.717, 1.165) is 6.92 Å². The molecule has 0 aliphatic rings. The van der Waals surface area contributed by atoms with E-state index in [1.807, 2.05) is 0 Å². The van der Waals surface area contributed by atoms with E-state index in [1.165, 1.54) is 0 Å². The molecule has 4 heteroatoms. The molecule has 41 valence electrons. The Hall–Kier alpha value is -0.0635. The summed E-state index contributed by atoms with van der Waals surface area (Å²) in [7, 11) is 0. The van der Waals surface area contributed by atoms with Gasteiger partial charge in [0, 0.05) is 23.7 Å². The van der Waals surface area contributed by atoms with Crippen LogP contribution in [-0.4, -0.2) is 11.1 Å². The largest absolute Gasteiger partial charge is 0.481 e. The van der Waals surface area contributed by atoms with Gasteiger partial charge in [0.05, 0.1) is 0 Å². The Bertz CT molecular complexity index is 34.5. The molecule has 0 aliphatic carbocycles. The van der Waals surface area contributed by atoms with Crippen LogP contribution in [0.5, 0.6) is 0 Å². The molecule has 0 aromatic heterocycles. The first-order valence-electron chi connectivity index (χ1n) is 0.928. The molecule has 0 fully saturated rings. The van der Waals surface area contributed by atoms with Crippen molar-refractivity contribution >= 4 is 5.97 Å². The molecule has 0 aliphatic heterocycles. The molecule has 0 saturated heterocycles. The number of hydrogen-bond donors (Lipinski definition) is 2. The van der Waals surface area contributed by atoms with Gasteiger partial charge in [-0.05, 0) is 0 Å². The number of carbonyl (C=O) groups is 1. The van der Waals surface area contributed by atoms with Crippen LogP contribution in [0.25, 0.3) is 0 Å². The van der Waals surface area contributed by atoms with Crippen LogP contribution < -0.4 is 6.15 Å². The SMILES string of the molecule is CC(=O)O.N.[Co]. The molecule has 0 heterocycles. The van der Waals surface area contributed by atoms with E-state index < -0.39 is 5.97 Å².